The van der Waals surface area contributed by atoms with Crippen molar-refractivity contribution in [2.75, 3.05) is 7.11 Å². The van der Waals surface area contributed by atoms with Gasteiger partial charge in [0.05, 0.1) is 12.0 Å². The van der Waals surface area contributed by atoms with Gasteiger partial charge in [-0.1, -0.05) is 6.42 Å². The summed E-state index contributed by atoms with van der Waals surface area (Å²) in [5, 5.41) is 10.9. The van der Waals surface area contributed by atoms with Gasteiger partial charge in [0.25, 0.3) is 5.69 Å². The highest BCUT2D eigenvalue weighted by Gasteiger charge is 2.43. The maximum Gasteiger partial charge on any atom is 0.271 e. The quantitative estimate of drug-likeness (QED) is 0.625. The number of fused-ring (bicyclic) bond motifs is 2. The fraction of sp³-hybridized carbons (Fsp3) is 0.625. The summed E-state index contributed by atoms with van der Waals surface area (Å²) >= 11 is 0. The van der Waals surface area contributed by atoms with Gasteiger partial charge in [-0.05, 0) is 50.0 Å². The van der Waals surface area contributed by atoms with E-state index in [9.17, 15) is 18.5 Å². The lowest BCUT2D eigenvalue weighted by Crippen LogP contribution is -2.40. The number of methoxy groups -OCH3 is 1. The lowest BCUT2D eigenvalue weighted by molar-refractivity contribution is -0.385. The minimum Gasteiger partial charge on any atom is -0.495 e. The number of rotatable bonds is 6. The molecular formula is C16H22N2O5S. The van der Waals surface area contributed by atoms with Gasteiger partial charge in [0, 0.05) is 18.2 Å². The smallest absolute Gasteiger partial charge is 0.271 e. The van der Waals surface area contributed by atoms with Crippen LogP contribution in [0.3, 0.4) is 0 Å². The summed E-state index contributed by atoms with van der Waals surface area (Å²) in [5.41, 5.74) is -0.274. The second-order valence-corrected chi connectivity index (χ2v) is 8.52. The highest BCUT2D eigenvalue weighted by atomic mass is 32.2. The van der Waals surface area contributed by atoms with Crippen molar-refractivity contribution in [3.8, 4) is 5.75 Å². The molecule has 8 heteroatoms. The van der Waals surface area contributed by atoms with Gasteiger partial charge in [0.2, 0.25) is 10.0 Å². The lowest BCUT2D eigenvalue weighted by atomic mass is 9.84. The Morgan fingerprint density at radius 2 is 2.08 bits per heavy atom. The van der Waals surface area contributed by atoms with Crippen molar-refractivity contribution < 1.29 is 18.1 Å². The van der Waals surface area contributed by atoms with Gasteiger partial charge < -0.3 is 4.74 Å². The van der Waals surface area contributed by atoms with E-state index in [0.717, 1.165) is 18.4 Å². The molecular weight excluding hydrogens is 332 g/mol. The van der Waals surface area contributed by atoms with Crippen molar-refractivity contribution in [2.24, 2.45) is 17.8 Å². The molecule has 1 aromatic rings. The molecule has 3 rings (SSSR count). The molecule has 2 bridgehead atoms. The van der Waals surface area contributed by atoms with Gasteiger partial charge in [-0.3, -0.25) is 10.1 Å². The first-order chi connectivity index (χ1) is 11.3. The Labute approximate surface area is 141 Å². The van der Waals surface area contributed by atoms with E-state index in [2.05, 4.69) is 4.72 Å². The first kappa shape index (κ1) is 17.2. The van der Waals surface area contributed by atoms with Crippen molar-refractivity contribution in [3.63, 3.8) is 0 Å². The third kappa shape index (κ3) is 3.12. The number of ether oxygens (including phenoxy) is 1. The number of benzene rings is 1. The number of nitrogens with one attached hydrogen (secondary N) is 1. The molecule has 24 heavy (non-hydrogen) atoms. The van der Waals surface area contributed by atoms with Crippen LogP contribution in [0.25, 0.3) is 0 Å². The van der Waals surface area contributed by atoms with Gasteiger partial charge in [0.1, 0.15) is 10.6 Å². The summed E-state index contributed by atoms with van der Waals surface area (Å²) in [7, 11) is -2.55. The van der Waals surface area contributed by atoms with Crippen LogP contribution in [0, 0.1) is 27.9 Å². The average Bonchev–Trinajstić information content (AvgIpc) is 3.16. The zero-order chi connectivity index (χ0) is 17.5. The van der Waals surface area contributed by atoms with Crippen LogP contribution < -0.4 is 9.46 Å². The molecule has 1 aromatic carbocycles. The van der Waals surface area contributed by atoms with E-state index < -0.39 is 14.9 Å². The zero-order valence-electron chi connectivity index (χ0n) is 13.8. The molecule has 0 heterocycles. The molecule has 1 N–H and O–H groups in total. The average molecular weight is 354 g/mol. The van der Waals surface area contributed by atoms with Crippen molar-refractivity contribution in [3.05, 3.63) is 28.3 Å². The second-order valence-electron chi connectivity index (χ2n) is 6.84. The third-order valence-corrected chi connectivity index (χ3v) is 7.00. The maximum atomic E-state index is 12.7. The molecule has 2 saturated carbocycles. The van der Waals surface area contributed by atoms with Crippen LogP contribution in [0.1, 0.15) is 32.6 Å². The minimum atomic E-state index is -3.89. The third-order valence-electron chi connectivity index (χ3n) is 5.42. The molecule has 2 fully saturated rings. The van der Waals surface area contributed by atoms with Crippen LogP contribution in [0.15, 0.2) is 23.1 Å². The van der Waals surface area contributed by atoms with Gasteiger partial charge in [-0.25, -0.2) is 13.1 Å². The Kier molecular flexibility index (Phi) is 4.52. The van der Waals surface area contributed by atoms with Crippen molar-refractivity contribution >= 4 is 15.7 Å². The molecule has 2 aliphatic rings. The molecule has 0 aromatic heterocycles. The molecule has 0 unspecified atom stereocenters. The van der Waals surface area contributed by atoms with E-state index >= 15 is 0 Å². The summed E-state index contributed by atoms with van der Waals surface area (Å²) in [6, 6.07) is 3.40. The summed E-state index contributed by atoms with van der Waals surface area (Å²) in [6.45, 7) is 1.88. The molecule has 0 spiro atoms. The fourth-order valence-electron chi connectivity index (χ4n) is 4.29. The second kappa shape index (κ2) is 6.33. The molecule has 132 valence electrons. The van der Waals surface area contributed by atoms with Crippen molar-refractivity contribution in [1.29, 1.82) is 0 Å². The van der Waals surface area contributed by atoms with E-state index in [4.69, 9.17) is 4.74 Å². The normalized spacial score (nSPS) is 27.2. The molecule has 0 aliphatic heterocycles. The minimum absolute atomic E-state index is 0.105. The molecule has 0 amide bonds. The standard InChI is InChI=1S/C16H22N2O5S/c1-10(14-8-11-3-4-12(14)7-11)17-24(21,22)16-9-13(18(19)20)5-6-15(16)23-2/h5-6,9-12,14,17H,3-4,7-8H2,1-2H3/t10-,11+,12+,14+/m1/s1. The van der Waals surface area contributed by atoms with Crippen LogP contribution in [-0.4, -0.2) is 26.5 Å². The highest BCUT2D eigenvalue weighted by molar-refractivity contribution is 7.89. The monoisotopic (exact) mass is 354 g/mol. The molecule has 0 saturated heterocycles. The van der Waals surface area contributed by atoms with E-state index in [-0.39, 0.29) is 22.4 Å². The summed E-state index contributed by atoms with van der Waals surface area (Å²) < 4.78 is 33.3. The Bertz CT molecular complexity index is 749. The summed E-state index contributed by atoms with van der Waals surface area (Å²) in [5.74, 6) is 1.75. The zero-order valence-corrected chi connectivity index (χ0v) is 14.6. The maximum absolute atomic E-state index is 12.7. The molecule has 2 aliphatic carbocycles. The van der Waals surface area contributed by atoms with E-state index in [1.54, 1.807) is 0 Å². The number of nitro groups is 1. The SMILES string of the molecule is COc1ccc([N+](=O)[O-])cc1S(=O)(=O)N[C@H](C)[C@@H]1C[C@H]2CC[C@H]1C2. The topological polar surface area (TPSA) is 98.5 Å². The number of hydrogen-bond donors (Lipinski definition) is 1. The van der Waals surface area contributed by atoms with Crippen LogP contribution in [-0.2, 0) is 10.0 Å². The van der Waals surface area contributed by atoms with Crippen LogP contribution in [0.5, 0.6) is 5.75 Å². The van der Waals surface area contributed by atoms with E-state index in [0.29, 0.717) is 11.8 Å². The lowest BCUT2D eigenvalue weighted by Gasteiger charge is -2.28. The van der Waals surface area contributed by atoms with E-state index in [1.807, 2.05) is 6.92 Å². The Morgan fingerprint density at radius 1 is 1.33 bits per heavy atom. The molecule has 7 nitrogen and oxygen atoms in total. The van der Waals surface area contributed by atoms with Crippen LogP contribution >= 0.6 is 0 Å². The number of nitrogens with zero attached hydrogens (tertiary/aromatic N) is 1. The Morgan fingerprint density at radius 3 is 2.62 bits per heavy atom. The van der Waals surface area contributed by atoms with Gasteiger partial charge in [-0.2, -0.15) is 0 Å². The first-order valence-corrected chi connectivity index (χ1v) is 9.65. The number of nitro benzene ring substituents is 1. The molecule has 4 atom stereocenters. The Hall–Kier alpha value is -1.67. The highest BCUT2D eigenvalue weighted by Crippen LogP contribution is 2.49. The predicted molar refractivity (Wildman–Crippen MR) is 88.4 cm³/mol. The van der Waals surface area contributed by atoms with Crippen LogP contribution in [0.2, 0.25) is 0 Å². The molecule has 0 radical (unpaired) electrons. The van der Waals surface area contributed by atoms with E-state index in [1.165, 1.54) is 38.5 Å². The van der Waals surface area contributed by atoms with Gasteiger partial charge >= 0.3 is 0 Å². The van der Waals surface area contributed by atoms with Gasteiger partial charge in [-0.15, -0.1) is 0 Å². The Balaban J connectivity index is 1.84. The largest absolute Gasteiger partial charge is 0.495 e. The number of hydrogen-bond acceptors (Lipinski definition) is 5. The summed E-state index contributed by atoms with van der Waals surface area (Å²) in [4.78, 5) is 10.1. The first-order valence-electron chi connectivity index (χ1n) is 8.16. The summed E-state index contributed by atoms with van der Waals surface area (Å²) in [6.07, 6.45) is 4.66. The number of sulfonamides is 1. The van der Waals surface area contributed by atoms with Crippen LogP contribution in [0.4, 0.5) is 5.69 Å². The van der Waals surface area contributed by atoms with Gasteiger partial charge in [0.15, 0.2) is 0 Å². The van der Waals surface area contributed by atoms with Crippen molar-refractivity contribution in [2.45, 2.75) is 43.5 Å². The fourth-order valence-corrected chi connectivity index (χ4v) is 5.77. The predicted octanol–water partition coefficient (Wildman–Crippen LogP) is 2.71. The number of non-ortho nitro benzene ring substituents is 1. The van der Waals surface area contributed by atoms with Crippen molar-refractivity contribution in [1.82, 2.24) is 4.72 Å².